The van der Waals surface area contributed by atoms with E-state index in [1.165, 1.54) is 0 Å². The molecule has 4 heteroatoms. The van der Waals surface area contributed by atoms with Gasteiger partial charge < -0.3 is 10.5 Å². The number of pyridine rings is 1. The van der Waals surface area contributed by atoms with Gasteiger partial charge in [-0.05, 0) is 37.5 Å². The summed E-state index contributed by atoms with van der Waals surface area (Å²) in [6.07, 6.45) is 3.83. The molecule has 2 rings (SSSR count). The fourth-order valence-corrected chi connectivity index (χ4v) is 2.03. The predicted octanol–water partition coefficient (Wildman–Crippen LogP) is 3.02. The summed E-state index contributed by atoms with van der Waals surface area (Å²) < 4.78 is 5.69. The average molecular weight is 269 g/mol. The minimum atomic E-state index is -0.728. The SMILES string of the molecule is CCC(N)(C#N)CCCOc1ccc2cccnc2c1. The molecule has 0 saturated carbocycles. The molecule has 0 bridgehead atoms. The first-order chi connectivity index (χ1) is 9.67. The van der Waals surface area contributed by atoms with Gasteiger partial charge in [-0.3, -0.25) is 4.98 Å². The predicted molar refractivity (Wildman–Crippen MR) is 79.3 cm³/mol. The van der Waals surface area contributed by atoms with Crippen LogP contribution in [0.2, 0.25) is 0 Å². The van der Waals surface area contributed by atoms with Crippen LogP contribution in [-0.4, -0.2) is 17.1 Å². The maximum atomic E-state index is 9.00. The number of rotatable bonds is 6. The van der Waals surface area contributed by atoms with Crippen molar-refractivity contribution in [3.05, 3.63) is 36.5 Å². The van der Waals surface area contributed by atoms with E-state index in [9.17, 15) is 0 Å². The van der Waals surface area contributed by atoms with Crippen LogP contribution in [-0.2, 0) is 0 Å². The first kappa shape index (κ1) is 14.3. The number of hydrogen-bond acceptors (Lipinski definition) is 4. The van der Waals surface area contributed by atoms with E-state index < -0.39 is 5.54 Å². The van der Waals surface area contributed by atoms with Gasteiger partial charge in [-0.1, -0.05) is 13.0 Å². The lowest BCUT2D eigenvalue weighted by Gasteiger charge is -2.18. The van der Waals surface area contributed by atoms with E-state index in [0.29, 0.717) is 19.4 Å². The summed E-state index contributed by atoms with van der Waals surface area (Å²) in [5.41, 5.74) is 6.12. The molecule has 0 spiro atoms. The van der Waals surface area contributed by atoms with Gasteiger partial charge in [-0.15, -0.1) is 0 Å². The molecule has 1 aromatic heterocycles. The second kappa shape index (κ2) is 6.36. The number of nitrogens with two attached hydrogens (primary N) is 1. The number of aromatic nitrogens is 1. The van der Waals surface area contributed by atoms with Crippen molar-refractivity contribution in [2.24, 2.45) is 5.73 Å². The molecule has 1 aromatic carbocycles. The molecule has 0 aliphatic heterocycles. The Morgan fingerprint density at radius 3 is 3.00 bits per heavy atom. The molecule has 2 aromatic rings. The topological polar surface area (TPSA) is 71.9 Å². The second-order valence-electron chi connectivity index (χ2n) is 4.93. The monoisotopic (exact) mass is 269 g/mol. The molecular weight excluding hydrogens is 250 g/mol. The molecule has 1 unspecified atom stereocenters. The van der Waals surface area contributed by atoms with Crippen LogP contribution in [0.15, 0.2) is 36.5 Å². The highest BCUT2D eigenvalue weighted by molar-refractivity contribution is 5.79. The largest absolute Gasteiger partial charge is 0.494 e. The average Bonchev–Trinajstić information content (AvgIpc) is 2.51. The Kier molecular flexibility index (Phi) is 4.54. The summed E-state index contributed by atoms with van der Waals surface area (Å²) in [5, 5.41) is 10.1. The van der Waals surface area contributed by atoms with Crippen LogP contribution in [0.5, 0.6) is 5.75 Å². The van der Waals surface area contributed by atoms with E-state index in [1.807, 2.05) is 37.3 Å². The molecule has 20 heavy (non-hydrogen) atoms. The third-order valence-electron chi connectivity index (χ3n) is 3.47. The Balaban J connectivity index is 1.89. The number of fused-ring (bicyclic) bond motifs is 1. The summed E-state index contributed by atoms with van der Waals surface area (Å²) >= 11 is 0. The van der Waals surface area contributed by atoms with Crippen LogP contribution in [0, 0.1) is 11.3 Å². The van der Waals surface area contributed by atoms with Gasteiger partial charge in [0.2, 0.25) is 0 Å². The first-order valence-corrected chi connectivity index (χ1v) is 6.84. The minimum Gasteiger partial charge on any atom is -0.494 e. The lowest BCUT2D eigenvalue weighted by molar-refractivity contribution is 0.292. The van der Waals surface area contributed by atoms with Crippen molar-refractivity contribution in [2.75, 3.05) is 6.61 Å². The summed E-state index contributed by atoms with van der Waals surface area (Å²) in [6, 6.07) is 11.9. The zero-order valence-electron chi connectivity index (χ0n) is 11.7. The highest BCUT2D eigenvalue weighted by Crippen LogP contribution is 2.19. The fraction of sp³-hybridized carbons (Fsp3) is 0.375. The van der Waals surface area contributed by atoms with Gasteiger partial charge >= 0.3 is 0 Å². The molecule has 1 heterocycles. The van der Waals surface area contributed by atoms with Gasteiger partial charge in [0.05, 0.1) is 18.2 Å². The van der Waals surface area contributed by atoms with Crippen molar-refractivity contribution in [3.63, 3.8) is 0 Å². The van der Waals surface area contributed by atoms with Crippen molar-refractivity contribution in [2.45, 2.75) is 31.7 Å². The van der Waals surface area contributed by atoms with E-state index in [2.05, 4.69) is 11.1 Å². The molecule has 0 amide bonds. The maximum Gasteiger partial charge on any atom is 0.121 e. The molecule has 0 fully saturated rings. The smallest absolute Gasteiger partial charge is 0.121 e. The van der Waals surface area contributed by atoms with E-state index in [4.69, 9.17) is 15.7 Å². The van der Waals surface area contributed by atoms with E-state index in [1.54, 1.807) is 6.20 Å². The van der Waals surface area contributed by atoms with Gasteiger partial charge in [-0.2, -0.15) is 5.26 Å². The minimum absolute atomic E-state index is 0.555. The van der Waals surface area contributed by atoms with E-state index in [-0.39, 0.29) is 0 Å². The Labute approximate surface area is 119 Å². The maximum absolute atomic E-state index is 9.00. The molecule has 0 aliphatic rings. The number of ether oxygens (including phenoxy) is 1. The number of hydrogen-bond donors (Lipinski definition) is 1. The third-order valence-corrected chi connectivity index (χ3v) is 3.47. The molecule has 4 nitrogen and oxygen atoms in total. The molecule has 2 N–H and O–H groups in total. The van der Waals surface area contributed by atoms with Gasteiger partial charge in [0.25, 0.3) is 0 Å². The molecule has 1 atom stereocenters. The van der Waals surface area contributed by atoms with Crippen molar-refractivity contribution in [1.82, 2.24) is 4.98 Å². The number of nitriles is 1. The van der Waals surface area contributed by atoms with Crippen LogP contribution < -0.4 is 10.5 Å². The zero-order chi connectivity index (χ0) is 14.4. The second-order valence-corrected chi connectivity index (χ2v) is 4.93. The van der Waals surface area contributed by atoms with E-state index in [0.717, 1.165) is 23.1 Å². The first-order valence-electron chi connectivity index (χ1n) is 6.84. The van der Waals surface area contributed by atoms with Crippen molar-refractivity contribution in [1.29, 1.82) is 5.26 Å². The molecular formula is C16H19N3O. The number of nitrogens with zero attached hydrogens (tertiary/aromatic N) is 2. The molecule has 104 valence electrons. The van der Waals surface area contributed by atoms with Gasteiger partial charge in [0.15, 0.2) is 0 Å². The quantitative estimate of drug-likeness (QED) is 0.818. The Bertz CT molecular complexity index is 620. The van der Waals surface area contributed by atoms with Crippen LogP contribution in [0.4, 0.5) is 0 Å². The molecule has 0 radical (unpaired) electrons. The van der Waals surface area contributed by atoms with Crippen LogP contribution in [0.3, 0.4) is 0 Å². The van der Waals surface area contributed by atoms with E-state index >= 15 is 0 Å². The Morgan fingerprint density at radius 2 is 2.25 bits per heavy atom. The van der Waals surface area contributed by atoms with Gasteiger partial charge in [-0.25, -0.2) is 0 Å². The summed E-state index contributed by atoms with van der Waals surface area (Å²) in [6.45, 7) is 2.48. The number of benzene rings is 1. The van der Waals surface area contributed by atoms with Crippen molar-refractivity contribution >= 4 is 10.9 Å². The standard InChI is InChI=1S/C16H19N3O/c1-2-16(18,12-17)8-4-10-20-14-7-6-13-5-3-9-19-15(13)11-14/h3,5-7,9,11H,2,4,8,10,18H2,1H3. The van der Waals surface area contributed by atoms with Gasteiger partial charge in [0.1, 0.15) is 11.3 Å². The normalized spacial score (nSPS) is 13.7. The summed E-state index contributed by atoms with van der Waals surface area (Å²) in [4.78, 5) is 4.29. The van der Waals surface area contributed by atoms with Crippen molar-refractivity contribution < 1.29 is 4.74 Å². The zero-order valence-corrected chi connectivity index (χ0v) is 11.7. The molecule has 0 saturated heterocycles. The van der Waals surface area contributed by atoms with Crippen LogP contribution in [0.25, 0.3) is 10.9 Å². The lowest BCUT2D eigenvalue weighted by Crippen LogP contribution is -2.37. The highest BCUT2D eigenvalue weighted by Gasteiger charge is 2.20. The molecule has 0 aliphatic carbocycles. The fourth-order valence-electron chi connectivity index (χ4n) is 2.03. The summed E-state index contributed by atoms with van der Waals surface area (Å²) in [5.74, 6) is 0.798. The van der Waals surface area contributed by atoms with Gasteiger partial charge in [0, 0.05) is 17.6 Å². The third kappa shape index (κ3) is 3.46. The van der Waals surface area contributed by atoms with Crippen LogP contribution >= 0.6 is 0 Å². The highest BCUT2D eigenvalue weighted by atomic mass is 16.5. The Morgan fingerprint density at radius 1 is 1.40 bits per heavy atom. The lowest BCUT2D eigenvalue weighted by atomic mass is 9.94. The Hall–Kier alpha value is -2.12. The van der Waals surface area contributed by atoms with Crippen molar-refractivity contribution in [3.8, 4) is 11.8 Å². The summed E-state index contributed by atoms with van der Waals surface area (Å²) in [7, 11) is 0. The van der Waals surface area contributed by atoms with Crippen LogP contribution in [0.1, 0.15) is 26.2 Å².